The van der Waals surface area contributed by atoms with Crippen LogP contribution in [0.25, 0.3) is 0 Å². The summed E-state index contributed by atoms with van der Waals surface area (Å²) in [7, 11) is 0. The number of aryl methyl sites for hydroxylation is 1. The van der Waals surface area contributed by atoms with Crippen LogP contribution >= 0.6 is 0 Å². The number of nitrogens with one attached hydrogen (secondary N) is 1. The molecule has 0 saturated heterocycles. The Morgan fingerprint density at radius 3 is 2.75 bits per heavy atom. The summed E-state index contributed by atoms with van der Waals surface area (Å²) in [5, 5.41) is 22.5. The quantitative estimate of drug-likeness (QED) is 0.737. The summed E-state index contributed by atoms with van der Waals surface area (Å²) in [6, 6.07) is 4.55. The van der Waals surface area contributed by atoms with Crippen LogP contribution in [-0.2, 0) is 11.2 Å². The van der Waals surface area contributed by atoms with Crippen LogP contribution in [0.3, 0.4) is 0 Å². The van der Waals surface area contributed by atoms with Gasteiger partial charge >= 0.3 is 6.09 Å². The Kier molecular flexibility index (Phi) is 3.90. The molecule has 110 valence electrons. The number of alkyl carbamates (subject to hydrolysis) is 1. The second-order valence-electron chi connectivity index (χ2n) is 6.12. The molecular weight excluding hydrogens is 258 g/mol. The summed E-state index contributed by atoms with van der Waals surface area (Å²) < 4.78 is 5.19. The number of rotatable bonds is 1. The lowest BCUT2D eigenvalue weighted by atomic mass is 9.86. The third-order valence-corrected chi connectivity index (χ3v) is 3.26. The van der Waals surface area contributed by atoms with Gasteiger partial charge in [0.1, 0.15) is 11.4 Å². The van der Waals surface area contributed by atoms with Crippen molar-refractivity contribution in [2.24, 2.45) is 0 Å². The third-order valence-electron chi connectivity index (χ3n) is 3.26. The first kappa shape index (κ1) is 14.7. The number of hydrogen-bond donors (Lipinski definition) is 3. The number of aliphatic hydroxyl groups excluding tert-OH is 1. The summed E-state index contributed by atoms with van der Waals surface area (Å²) in [6.45, 7) is 5.37. The van der Waals surface area contributed by atoms with Gasteiger partial charge in [0.25, 0.3) is 0 Å². The molecule has 0 aromatic heterocycles. The van der Waals surface area contributed by atoms with Gasteiger partial charge in [-0.25, -0.2) is 4.79 Å². The Bertz CT molecular complexity index is 507. The Balaban J connectivity index is 2.07. The van der Waals surface area contributed by atoms with Crippen LogP contribution in [0.4, 0.5) is 4.79 Å². The number of phenols is 1. The lowest BCUT2D eigenvalue weighted by Crippen LogP contribution is -2.44. The van der Waals surface area contributed by atoms with E-state index in [0.717, 1.165) is 12.0 Å². The Morgan fingerprint density at radius 2 is 2.10 bits per heavy atom. The fourth-order valence-electron chi connectivity index (χ4n) is 2.38. The zero-order valence-electron chi connectivity index (χ0n) is 12.0. The van der Waals surface area contributed by atoms with Gasteiger partial charge in [-0.05, 0) is 56.9 Å². The first-order valence-electron chi connectivity index (χ1n) is 6.75. The summed E-state index contributed by atoms with van der Waals surface area (Å²) in [5.74, 6) is 0.112. The monoisotopic (exact) mass is 279 g/mol. The van der Waals surface area contributed by atoms with E-state index in [4.69, 9.17) is 4.74 Å². The fourth-order valence-corrected chi connectivity index (χ4v) is 2.38. The average Bonchev–Trinajstić information content (AvgIpc) is 2.31. The van der Waals surface area contributed by atoms with Crippen LogP contribution in [0.1, 0.15) is 44.4 Å². The molecule has 0 radical (unpaired) electrons. The normalized spacial score (nSPS) is 22.0. The predicted molar refractivity (Wildman–Crippen MR) is 74.5 cm³/mol. The number of benzene rings is 1. The molecule has 5 nitrogen and oxygen atoms in total. The first-order chi connectivity index (χ1) is 9.26. The molecule has 2 atom stereocenters. The topological polar surface area (TPSA) is 78.8 Å². The minimum atomic E-state index is -0.835. The third kappa shape index (κ3) is 3.42. The van der Waals surface area contributed by atoms with E-state index in [1.165, 1.54) is 0 Å². The zero-order chi connectivity index (χ0) is 14.9. The highest BCUT2D eigenvalue weighted by Gasteiger charge is 2.30. The molecular formula is C15H21NO4. The van der Waals surface area contributed by atoms with Crippen molar-refractivity contribution in [3.63, 3.8) is 0 Å². The summed E-state index contributed by atoms with van der Waals surface area (Å²) in [4.78, 5) is 11.8. The van der Waals surface area contributed by atoms with Crippen molar-refractivity contribution in [1.82, 2.24) is 5.32 Å². The maximum absolute atomic E-state index is 11.8. The van der Waals surface area contributed by atoms with Crippen molar-refractivity contribution in [2.45, 2.75) is 51.4 Å². The predicted octanol–water partition coefficient (Wildman–Crippen LogP) is 2.27. The van der Waals surface area contributed by atoms with Gasteiger partial charge in [0.2, 0.25) is 0 Å². The molecule has 0 bridgehead atoms. The molecule has 5 heteroatoms. The van der Waals surface area contributed by atoms with Crippen molar-refractivity contribution in [3.05, 3.63) is 29.3 Å². The lowest BCUT2D eigenvalue weighted by molar-refractivity contribution is 0.0401. The molecule has 1 amide bonds. The number of aliphatic hydroxyl groups is 1. The standard InChI is InChI=1S/C15H21NO4/c1-15(2,3)20-14(19)16-12-7-5-9-4-6-10(17)8-11(9)13(12)18/h4,6,8,12-13,17-18H,5,7H2,1-3H3,(H,16,19). The lowest BCUT2D eigenvalue weighted by Gasteiger charge is -2.31. The van der Waals surface area contributed by atoms with E-state index in [1.807, 2.05) is 0 Å². The van der Waals surface area contributed by atoms with Gasteiger partial charge in [-0.15, -0.1) is 0 Å². The molecule has 20 heavy (non-hydrogen) atoms. The van der Waals surface area contributed by atoms with E-state index in [0.29, 0.717) is 12.0 Å². The van der Waals surface area contributed by atoms with Crippen molar-refractivity contribution >= 4 is 6.09 Å². The number of carbonyl (C=O) groups excluding carboxylic acids is 1. The molecule has 3 N–H and O–H groups in total. The molecule has 0 spiro atoms. The Hall–Kier alpha value is -1.75. The molecule has 1 aliphatic rings. The van der Waals surface area contributed by atoms with Gasteiger partial charge in [-0.2, -0.15) is 0 Å². The zero-order valence-corrected chi connectivity index (χ0v) is 12.0. The number of ether oxygens (including phenoxy) is 1. The summed E-state index contributed by atoms with van der Waals surface area (Å²) in [5.41, 5.74) is 1.09. The molecule has 1 aromatic rings. The van der Waals surface area contributed by atoms with E-state index in [-0.39, 0.29) is 5.75 Å². The number of hydrogen-bond acceptors (Lipinski definition) is 4. The molecule has 0 aliphatic heterocycles. The molecule has 0 fully saturated rings. The van der Waals surface area contributed by atoms with E-state index < -0.39 is 23.8 Å². The number of phenolic OH excluding ortho intramolecular Hbond substituents is 1. The Morgan fingerprint density at radius 1 is 1.40 bits per heavy atom. The van der Waals surface area contributed by atoms with E-state index in [2.05, 4.69) is 5.32 Å². The minimum Gasteiger partial charge on any atom is -0.508 e. The van der Waals surface area contributed by atoms with Gasteiger partial charge < -0.3 is 20.3 Å². The van der Waals surface area contributed by atoms with Crippen molar-refractivity contribution in [3.8, 4) is 5.75 Å². The summed E-state index contributed by atoms with van der Waals surface area (Å²) >= 11 is 0. The van der Waals surface area contributed by atoms with Gasteiger partial charge in [-0.1, -0.05) is 6.07 Å². The van der Waals surface area contributed by atoms with Crippen LogP contribution < -0.4 is 5.32 Å². The van der Waals surface area contributed by atoms with Crippen LogP contribution in [0.15, 0.2) is 18.2 Å². The van der Waals surface area contributed by atoms with Gasteiger partial charge in [0.05, 0.1) is 12.1 Å². The molecule has 0 saturated carbocycles. The Labute approximate surface area is 118 Å². The highest BCUT2D eigenvalue weighted by atomic mass is 16.6. The van der Waals surface area contributed by atoms with Gasteiger partial charge in [0, 0.05) is 0 Å². The van der Waals surface area contributed by atoms with Gasteiger partial charge in [-0.3, -0.25) is 0 Å². The molecule has 2 rings (SSSR count). The molecule has 1 aromatic carbocycles. The van der Waals surface area contributed by atoms with Crippen molar-refractivity contribution < 1.29 is 19.7 Å². The fraction of sp³-hybridized carbons (Fsp3) is 0.533. The maximum atomic E-state index is 11.8. The highest BCUT2D eigenvalue weighted by molar-refractivity contribution is 5.68. The smallest absolute Gasteiger partial charge is 0.407 e. The number of aromatic hydroxyl groups is 1. The van der Waals surface area contributed by atoms with Crippen molar-refractivity contribution in [1.29, 1.82) is 0 Å². The maximum Gasteiger partial charge on any atom is 0.407 e. The summed E-state index contributed by atoms with van der Waals surface area (Å²) in [6.07, 6.45) is 0.00854. The van der Waals surface area contributed by atoms with Crippen LogP contribution in [0, 0.1) is 0 Å². The minimum absolute atomic E-state index is 0.112. The first-order valence-corrected chi connectivity index (χ1v) is 6.75. The van der Waals surface area contributed by atoms with E-state index >= 15 is 0 Å². The largest absolute Gasteiger partial charge is 0.508 e. The van der Waals surface area contributed by atoms with Gasteiger partial charge in [0.15, 0.2) is 0 Å². The van der Waals surface area contributed by atoms with Crippen LogP contribution in [0.2, 0.25) is 0 Å². The number of amides is 1. The highest BCUT2D eigenvalue weighted by Crippen LogP contribution is 2.32. The molecule has 1 aliphatic carbocycles. The molecule has 2 unspecified atom stereocenters. The second kappa shape index (κ2) is 5.32. The molecule has 0 heterocycles. The number of fused-ring (bicyclic) bond motifs is 1. The second-order valence-corrected chi connectivity index (χ2v) is 6.12. The SMILES string of the molecule is CC(C)(C)OC(=O)NC1CCc2ccc(O)cc2C1O. The number of carbonyl (C=O) groups is 1. The van der Waals surface area contributed by atoms with Crippen LogP contribution in [-0.4, -0.2) is 27.9 Å². The van der Waals surface area contributed by atoms with Crippen LogP contribution in [0.5, 0.6) is 5.75 Å². The van der Waals surface area contributed by atoms with E-state index in [9.17, 15) is 15.0 Å². The van der Waals surface area contributed by atoms with Crippen molar-refractivity contribution in [2.75, 3.05) is 0 Å². The average molecular weight is 279 g/mol. The van der Waals surface area contributed by atoms with E-state index in [1.54, 1.807) is 39.0 Å².